The van der Waals surface area contributed by atoms with Crippen molar-refractivity contribution in [2.75, 3.05) is 39.1 Å². The summed E-state index contributed by atoms with van der Waals surface area (Å²) in [6, 6.07) is 1.72. The van der Waals surface area contributed by atoms with Crippen LogP contribution in [0.25, 0.3) is 0 Å². The zero-order chi connectivity index (χ0) is 12.7. The minimum atomic E-state index is -0.497. The molecule has 1 rings (SSSR count). The fourth-order valence-corrected chi connectivity index (χ4v) is 1.16. The van der Waals surface area contributed by atoms with Crippen LogP contribution >= 0.6 is 0 Å². The van der Waals surface area contributed by atoms with Gasteiger partial charge < -0.3 is 15.0 Å². The van der Waals surface area contributed by atoms with E-state index in [-0.39, 0.29) is 5.82 Å². The number of carbonyl (C=O) groups is 1. The molecular formula is C11H18N4O2. The first-order valence-corrected chi connectivity index (χ1v) is 5.52. The fourth-order valence-electron chi connectivity index (χ4n) is 1.16. The van der Waals surface area contributed by atoms with Gasteiger partial charge in [-0.05, 0) is 27.1 Å². The van der Waals surface area contributed by atoms with Crippen molar-refractivity contribution in [2.24, 2.45) is 0 Å². The van der Waals surface area contributed by atoms with Crippen LogP contribution in [-0.4, -0.2) is 54.6 Å². The van der Waals surface area contributed by atoms with E-state index in [0.29, 0.717) is 12.4 Å². The third-order valence-electron chi connectivity index (χ3n) is 1.98. The Kier molecular flexibility index (Phi) is 5.35. The third-order valence-corrected chi connectivity index (χ3v) is 1.98. The highest BCUT2D eigenvalue weighted by Gasteiger charge is 2.10. The van der Waals surface area contributed by atoms with Gasteiger partial charge in [-0.3, -0.25) is 0 Å². The van der Waals surface area contributed by atoms with Crippen LogP contribution < -0.4 is 5.32 Å². The van der Waals surface area contributed by atoms with Gasteiger partial charge in [-0.15, -0.1) is 0 Å². The van der Waals surface area contributed by atoms with Crippen molar-refractivity contribution >= 4 is 11.8 Å². The molecule has 0 saturated carbocycles. The molecule has 0 aliphatic rings. The van der Waals surface area contributed by atoms with Gasteiger partial charge in [-0.2, -0.15) is 0 Å². The molecule has 17 heavy (non-hydrogen) atoms. The number of hydrogen-bond acceptors (Lipinski definition) is 6. The second-order valence-corrected chi connectivity index (χ2v) is 3.72. The van der Waals surface area contributed by atoms with Crippen LogP contribution in [0.4, 0.5) is 5.82 Å². The summed E-state index contributed by atoms with van der Waals surface area (Å²) in [5, 5.41) is 3.11. The molecule has 6 nitrogen and oxygen atoms in total. The molecule has 1 aromatic rings. The second kappa shape index (κ2) is 6.80. The molecule has 0 radical (unpaired) electrons. The van der Waals surface area contributed by atoms with Crippen LogP contribution in [-0.2, 0) is 4.74 Å². The number of nitrogens with one attached hydrogen (secondary N) is 1. The molecule has 94 valence electrons. The molecule has 0 bridgehead atoms. The van der Waals surface area contributed by atoms with Gasteiger partial charge in [0.15, 0.2) is 0 Å². The van der Waals surface area contributed by atoms with E-state index in [1.807, 2.05) is 14.1 Å². The quantitative estimate of drug-likeness (QED) is 0.733. The van der Waals surface area contributed by atoms with Crippen LogP contribution in [0.1, 0.15) is 17.5 Å². The monoisotopic (exact) mass is 238 g/mol. The number of esters is 1. The zero-order valence-electron chi connectivity index (χ0n) is 10.4. The average Bonchev–Trinajstić information content (AvgIpc) is 2.29. The minimum Gasteiger partial charge on any atom is -0.460 e. The molecule has 0 amide bonds. The number of ether oxygens (including phenoxy) is 1. The van der Waals surface area contributed by atoms with Gasteiger partial charge in [0, 0.05) is 19.3 Å². The SMILES string of the molecule is CCOC(=O)c1nccc(NCCN(C)C)n1. The highest BCUT2D eigenvalue weighted by atomic mass is 16.5. The summed E-state index contributed by atoms with van der Waals surface area (Å²) in [6.07, 6.45) is 1.54. The molecule has 0 atom stereocenters. The summed E-state index contributed by atoms with van der Waals surface area (Å²) >= 11 is 0. The Labute approximate surface area is 101 Å². The molecule has 0 fully saturated rings. The topological polar surface area (TPSA) is 67.3 Å². The van der Waals surface area contributed by atoms with Crippen LogP contribution in [0.5, 0.6) is 0 Å². The highest BCUT2D eigenvalue weighted by Crippen LogP contribution is 2.02. The second-order valence-electron chi connectivity index (χ2n) is 3.72. The molecule has 0 saturated heterocycles. The summed E-state index contributed by atoms with van der Waals surface area (Å²) in [7, 11) is 3.98. The van der Waals surface area contributed by atoms with Crippen LogP contribution in [0, 0.1) is 0 Å². The lowest BCUT2D eigenvalue weighted by Crippen LogP contribution is -2.21. The molecular weight excluding hydrogens is 220 g/mol. The van der Waals surface area contributed by atoms with Crippen molar-refractivity contribution in [3.05, 3.63) is 18.1 Å². The number of aromatic nitrogens is 2. The van der Waals surface area contributed by atoms with Crippen LogP contribution in [0.15, 0.2) is 12.3 Å². The van der Waals surface area contributed by atoms with Gasteiger partial charge in [0.2, 0.25) is 5.82 Å². The van der Waals surface area contributed by atoms with Crippen LogP contribution in [0.2, 0.25) is 0 Å². The third kappa shape index (κ3) is 4.78. The van der Waals surface area contributed by atoms with Crippen molar-refractivity contribution in [2.45, 2.75) is 6.92 Å². The molecule has 1 heterocycles. The highest BCUT2D eigenvalue weighted by molar-refractivity contribution is 5.85. The Hall–Kier alpha value is -1.69. The molecule has 0 aliphatic carbocycles. The van der Waals surface area contributed by atoms with Crippen molar-refractivity contribution in [3.63, 3.8) is 0 Å². The number of nitrogens with zero attached hydrogens (tertiary/aromatic N) is 3. The molecule has 0 aromatic carbocycles. The Morgan fingerprint density at radius 2 is 2.29 bits per heavy atom. The summed E-state index contributed by atoms with van der Waals surface area (Å²) in [4.78, 5) is 21.4. The van der Waals surface area contributed by atoms with Gasteiger partial charge >= 0.3 is 5.97 Å². The first kappa shape index (κ1) is 13.4. The Bertz CT molecular complexity index is 368. The Morgan fingerprint density at radius 3 is 2.94 bits per heavy atom. The lowest BCUT2D eigenvalue weighted by atomic mass is 10.5. The summed E-state index contributed by atoms with van der Waals surface area (Å²) in [5.74, 6) is 0.218. The fraction of sp³-hybridized carbons (Fsp3) is 0.545. The maximum Gasteiger partial charge on any atom is 0.376 e. The van der Waals surface area contributed by atoms with Crippen LogP contribution in [0.3, 0.4) is 0 Å². The summed E-state index contributed by atoms with van der Waals surface area (Å²) in [5.41, 5.74) is 0. The maximum absolute atomic E-state index is 11.4. The molecule has 0 aliphatic heterocycles. The van der Waals surface area contributed by atoms with Gasteiger partial charge in [0.05, 0.1) is 6.61 Å². The van der Waals surface area contributed by atoms with E-state index in [1.54, 1.807) is 13.0 Å². The largest absolute Gasteiger partial charge is 0.460 e. The number of likely N-dealkylation sites (N-methyl/N-ethyl adjacent to an activating group) is 1. The predicted octanol–water partition coefficient (Wildman–Crippen LogP) is 0.627. The smallest absolute Gasteiger partial charge is 0.376 e. The maximum atomic E-state index is 11.4. The van der Waals surface area contributed by atoms with E-state index in [1.165, 1.54) is 6.20 Å². The number of anilines is 1. The van der Waals surface area contributed by atoms with E-state index < -0.39 is 5.97 Å². The minimum absolute atomic E-state index is 0.0849. The zero-order valence-corrected chi connectivity index (χ0v) is 10.4. The number of carbonyl (C=O) groups excluding carboxylic acids is 1. The Morgan fingerprint density at radius 1 is 1.53 bits per heavy atom. The first-order valence-electron chi connectivity index (χ1n) is 5.52. The molecule has 0 spiro atoms. The standard InChI is InChI=1S/C11H18N4O2/c1-4-17-11(16)10-13-6-5-9(14-10)12-7-8-15(2)3/h5-6H,4,7-8H2,1-3H3,(H,12,13,14). The van der Waals surface area contributed by atoms with Gasteiger partial charge in [-0.25, -0.2) is 14.8 Å². The van der Waals surface area contributed by atoms with E-state index in [2.05, 4.69) is 20.2 Å². The summed E-state index contributed by atoms with van der Waals surface area (Å²) in [6.45, 7) is 3.71. The molecule has 1 N–H and O–H groups in total. The normalized spacial score (nSPS) is 10.4. The first-order chi connectivity index (χ1) is 8.13. The average molecular weight is 238 g/mol. The van der Waals surface area contributed by atoms with Gasteiger partial charge in [0.1, 0.15) is 5.82 Å². The van der Waals surface area contributed by atoms with Gasteiger partial charge in [-0.1, -0.05) is 0 Å². The van der Waals surface area contributed by atoms with E-state index >= 15 is 0 Å². The van der Waals surface area contributed by atoms with Gasteiger partial charge in [0.25, 0.3) is 0 Å². The Balaban J connectivity index is 2.56. The molecule has 1 aromatic heterocycles. The lowest BCUT2D eigenvalue weighted by Gasteiger charge is -2.10. The number of rotatable bonds is 6. The molecule has 0 unspecified atom stereocenters. The van der Waals surface area contributed by atoms with E-state index in [0.717, 1.165) is 13.1 Å². The van der Waals surface area contributed by atoms with Crippen molar-refractivity contribution in [3.8, 4) is 0 Å². The number of hydrogen-bond donors (Lipinski definition) is 1. The lowest BCUT2D eigenvalue weighted by molar-refractivity contribution is 0.0512. The summed E-state index contributed by atoms with van der Waals surface area (Å²) < 4.78 is 4.83. The van der Waals surface area contributed by atoms with Crippen molar-refractivity contribution < 1.29 is 9.53 Å². The van der Waals surface area contributed by atoms with Crippen molar-refractivity contribution in [1.82, 2.24) is 14.9 Å². The predicted molar refractivity (Wildman–Crippen MR) is 65.0 cm³/mol. The van der Waals surface area contributed by atoms with E-state index in [9.17, 15) is 4.79 Å². The van der Waals surface area contributed by atoms with E-state index in [4.69, 9.17) is 4.74 Å². The van der Waals surface area contributed by atoms with Crippen molar-refractivity contribution in [1.29, 1.82) is 0 Å². The molecule has 6 heteroatoms.